The number of rotatable bonds is 5. The number of ether oxygens (including phenoxy) is 2. The lowest BCUT2D eigenvalue weighted by molar-refractivity contribution is 0.401. The fourth-order valence-corrected chi connectivity index (χ4v) is 4.84. The molecule has 11 heteroatoms. The van der Waals surface area contributed by atoms with Gasteiger partial charge >= 0.3 is 0 Å². The molecule has 6 nitrogen and oxygen atoms in total. The van der Waals surface area contributed by atoms with Crippen LogP contribution in [-0.2, 0) is 5.33 Å². The van der Waals surface area contributed by atoms with E-state index in [1.807, 2.05) is 0 Å². The molecule has 0 aliphatic heterocycles. The van der Waals surface area contributed by atoms with Gasteiger partial charge in [-0.2, -0.15) is 0 Å². The zero-order chi connectivity index (χ0) is 22.3. The van der Waals surface area contributed by atoms with Crippen molar-refractivity contribution < 1.29 is 18.3 Å². The van der Waals surface area contributed by atoms with Gasteiger partial charge in [0.1, 0.15) is 22.0 Å². The largest absolute Gasteiger partial charge is 0.497 e. The van der Waals surface area contributed by atoms with Crippen LogP contribution in [0.3, 0.4) is 0 Å². The molecule has 0 bridgehead atoms. The molecule has 0 unspecified atom stereocenters. The lowest BCUT2D eigenvalue weighted by atomic mass is 10.2. The third-order valence-corrected chi connectivity index (χ3v) is 6.44. The number of halogens is 3. The average Bonchev–Trinajstić information content (AvgIpc) is 3.11. The van der Waals surface area contributed by atoms with Gasteiger partial charge in [0.25, 0.3) is 5.56 Å². The Morgan fingerprint density at radius 3 is 2.52 bits per heavy atom. The average molecular weight is 526 g/mol. The summed E-state index contributed by atoms with van der Waals surface area (Å²) in [6.07, 6.45) is 0. The molecule has 0 radical (unpaired) electrons. The Balaban J connectivity index is 2.06. The van der Waals surface area contributed by atoms with E-state index < -0.39 is 11.6 Å². The van der Waals surface area contributed by atoms with Crippen molar-refractivity contribution in [3.8, 4) is 22.9 Å². The third kappa shape index (κ3) is 3.66. The lowest BCUT2D eigenvalue weighted by Crippen LogP contribution is -2.23. The zero-order valence-electron chi connectivity index (χ0n) is 16.2. The molecular weight excluding hydrogens is 512 g/mol. The van der Waals surface area contributed by atoms with Crippen LogP contribution < -0.4 is 15.0 Å². The first-order chi connectivity index (χ1) is 14.9. The number of alkyl halides is 1. The number of methoxy groups -OCH3 is 2. The highest BCUT2D eigenvalue weighted by Gasteiger charge is 2.21. The lowest BCUT2D eigenvalue weighted by Gasteiger charge is -2.15. The van der Waals surface area contributed by atoms with Crippen LogP contribution >= 0.6 is 39.5 Å². The normalized spacial score (nSPS) is 11.1. The van der Waals surface area contributed by atoms with Gasteiger partial charge in [-0.1, -0.05) is 27.3 Å². The van der Waals surface area contributed by atoms with E-state index in [1.54, 1.807) is 18.2 Å². The number of nitrogens with zero attached hydrogens (tertiary/aromatic N) is 3. The Hall–Kier alpha value is -2.63. The molecule has 0 aliphatic rings. The molecule has 160 valence electrons. The second kappa shape index (κ2) is 8.48. The van der Waals surface area contributed by atoms with Gasteiger partial charge in [0.2, 0.25) is 0 Å². The molecule has 0 saturated heterocycles. The van der Waals surface area contributed by atoms with Crippen LogP contribution in [0, 0.1) is 15.6 Å². The van der Waals surface area contributed by atoms with Gasteiger partial charge in [0, 0.05) is 12.1 Å². The van der Waals surface area contributed by atoms with E-state index in [2.05, 4.69) is 20.9 Å². The van der Waals surface area contributed by atoms with Crippen molar-refractivity contribution in [3.63, 3.8) is 0 Å². The number of benzene rings is 2. The standard InChI is InChI=1S/C20H14BrF2N3O3S2/c1-28-11-4-6-15(29-2)14(8-11)26-16(9-21)24-18-17(19(26)27)31-20(30)25(18)10-3-5-12(22)13(23)7-10/h3-8H,9H2,1-2H3. The first kappa shape index (κ1) is 21.6. The molecule has 4 aromatic rings. The van der Waals surface area contributed by atoms with E-state index in [1.165, 1.54) is 29.4 Å². The Kier molecular flexibility index (Phi) is 5.91. The van der Waals surface area contributed by atoms with Crippen molar-refractivity contribution >= 4 is 49.8 Å². The van der Waals surface area contributed by atoms with Crippen molar-refractivity contribution in [2.45, 2.75) is 5.33 Å². The molecular formula is C20H14BrF2N3O3S2. The smallest absolute Gasteiger partial charge is 0.277 e. The topological polar surface area (TPSA) is 58.3 Å². The highest BCUT2D eigenvalue weighted by Crippen LogP contribution is 2.30. The molecule has 0 atom stereocenters. The summed E-state index contributed by atoms with van der Waals surface area (Å²) in [4.78, 5) is 18.1. The van der Waals surface area contributed by atoms with Crippen molar-refractivity contribution in [1.82, 2.24) is 14.1 Å². The fraction of sp³-hybridized carbons (Fsp3) is 0.150. The number of thiazole rings is 1. The van der Waals surface area contributed by atoms with Crippen LogP contribution in [0.4, 0.5) is 8.78 Å². The van der Waals surface area contributed by atoms with Crippen molar-refractivity contribution in [2.24, 2.45) is 0 Å². The van der Waals surface area contributed by atoms with Crippen LogP contribution in [0.1, 0.15) is 5.82 Å². The summed E-state index contributed by atoms with van der Waals surface area (Å²) in [5, 5.41) is 0.235. The van der Waals surface area contributed by atoms with E-state index in [4.69, 9.17) is 21.7 Å². The number of hydrogen-bond acceptors (Lipinski definition) is 6. The summed E-state index contributed by atoms with van der Waals surface area (Å²) >= 11 is 9.84. The molecule has 2 aromatic carbocycles. The Bertz CT molecular complexity index is 1430. The van der Waals surface area contributed by atoms with E-state index in [0.29, 0.717) is 23.0 Å². The minimum absolute atomic E-state index is 0.235. The van der Waals surface area contributed by atoms with Gasteiger partial charge in [-0.3, -0.25) is 13.9 Å². The summed E-state index contributed by atoms with van der Waals surface area (Å²) in [5.41, 5.74) is 0.621. The Labute approximate surface area is 192 Å². The maximum absolute atomic E-state index is 13.8. The fourth-order valence-electron chi connectivity index (χ4n) is 3.16. The highest BCUT2D eigenvalue weighted by molar-refractivity contribution is 9.08. The van der Waals surface area contributed by atoms with Crippen LogP contribution in [0.25, 0.3) is 21.7 Å². The maximum Gasteiger partial charge on any atom is 0.277 e. The van der Waals surface area contributed by atoms with E-state index in [9.17, 15) is 13.6 Å². The van der Waals surface area contributed by atoms with Crippen molar-refractivity contribution in [1.29, 1.82) is 0 Å². The Morgan fingerprint density at radius 1 is 1.10 bits per heavy atom. The molecule has 0 saturated carbocycles. The molecule has 31 heavy (non-hydrogen) atoms. The predicted octanol–water partition coefficient (Wildman–Crippen LogP) is 5.16. The summed E-state index contributed by atoms with van der Waals surface area (Å²) in [7, 11) is 3.02. The molecule has 4 rings (SSSR count). The van der Waals surface area contributed by atoms with Crippen LogP contribution in [-0.4, -0.2) is 28.3 Å². The molecule has 0 aliphatic carbocycles. The number of fused-ring (bicyclic) bond motifs is 1. The van der Waals surface area contributed by atoms with Gasteiger partial charge < -0.3 is 9.47 Å². The maximum atomic E-state index is 13.8. The van der Waals surface area contributed by atoms with Gasteiger partial charge in [0.05, 0.1) is 30.9 Å². The molecule has 0 spiro atoms. The minimum Gasteiger partial charge on any atom is -0.497 e. The SMILES string of the molecule is COc1ccc(OC)c(-n2c(CBr)nc3c(sc(=S)n3-c3ccc(F)c(F)c3)c2=O)c1. The van der Waals surface area contributed by atoms with Crippen molar-refractivity contribution in [3.05, 3.63) is 68.2 Å². The second-order valence-corrected chi connectivity index (χ2v) is 8.50. The Morgan fingerprint density at radius 2 is 1.87 bits per heavy atom. The summed E-state index contributed by atoms with van der Waals surface area (Å²) in [6, 6.07) is 8.49. The van der Waals surface area contributed by atoms with Crippen molar-refractivity contribution in [2.75, 3.05) is 14.2 Å². The first-order valence-corrected chi connectivity index (χ1v) is 11.2. The molecule has 0 N–H and O–H groups in total. The van der Waals surface area contributed by atoms with Gasteiger partial charge in [-0.25, -0.2) is 13.8 Å². The van der Waals surface area contributed by atoms with E-state index >= 15 is 0 Å². The van der Waals surface area contributed by atoms with Gasteiger partial charge in [-0.15, -0.1) is 0 Å². The van der Waals surface area contributed by atoms with Crippen LogP contribution in [0.15, 0.2) is 41.2 Å². The predicted molar refractivity (Wildman–Crippen MR) is 121 cm³/mol. The molecule has 2 heterocycles. The highest BCUT2D eigenvalue weighted by atomic mass is 79.9. The van der Waals surface area contributed by atoms with Crippen LogP contribution in [0.2, 0.25) is 0 Å². The number of hydrogen-bond donors (Lipinski definition) is 0. The van der Waals surface area contributed by atoms with E-state index in [-0.39, 0.29) is 30.9 Å². The molecule has 0 fully saturated rings. The first-order valence-electron chi connectivity index (χ1n) is 8.80. The second-order valence-electron chi connectivity index (χ2n) is 6.29. The third-order valence-electron chi connectivity index (χ3n) is 4.59. The molecule has 0 amide bonds. The number of aromatic nitrogens is 3. The van der Waals surface area contributed by atoms with E-state index in [0.717, 1.165) is 23.5 Å². The van der Waals surface area contributed by atoms with Gasteiger partial charge in [0.15, 0.2) is 21.2 Å². The molecule has 2 aromatic heterocycles. The van der Waals surface area contributed by atoms with Crippen LogP contribution in [0.5, 0.6) is 11.5 Å². The summed E-state index contributed by atoms with van der Waals surface area (Å²) in [6.45, 7) is 0. The summed E-state index contributed by atoms with van der Waals surface area (Å²) < 4.78 is 41.4. The van der Waals surface area contributed by atoms with Gasteiger partial charge in [-0.05, 0) is 36.5 Å². The minimum atomic E-state index is -1.02. The quantitative estimate of drug-likeness (QED) is 0.266. The zero-order valence-corrected chi connectivity index (χ0v) is 19.4. The monoisotopic (exact) mass is 525 g/mol. The summed E-state index contributed by atoms with van der Waals surface area (Å²) in [5.74, 6) is -0.635.